The number of carbonyl (C=O) groups is 1. The van der Waals surface area contributed by atoms with Gasteiger partial charge in [-0.15, -0.1) is 0 Å². The normalized spacial score (nSPS) is 39.8. The zero-order valence-electron chi connectivity index (χ0n) is 5.50. The molecule has 1 aliphatic carbocycles. The maximum atomic E-state index is 11.2. The Balaban J connectivity index is 2.10. The van der Waals surface area contributed by atoms with E-state index in [-0.39, 0.29) is 6.04 Å². The van der Waals surface area contributed by atoms with Crippen LogP contribution >= 0.6 is 21.8 Å². The highest BCUT2D eigenvalue weighted by atomic mass is 33.1. The Bertz CT molecular complexity index is 162. The lowest BCUT2D eigenvalue weighted by Crippen LogP contribution is -2.39. The van der Waals surface area contributed by atoms with E-state index in [1.54, 1.807) is 11.0 Å². The smallest absolute Gasteiger partial charge is 0.151 e. The van der Waals surface area contributed by atoms with Crippen molar-refractivity contribution in [2.24, 2.45) is 0 Å². The highest BCUT2D eigenvalue weighted by Crippen LogP contribution is 2.40. The first-order chi connectivity index (χ1) is 4.88. The van der Waals surface area contributed by atoms with Gasteiger partial charge in [0.25, 0.3) is 0 Å². The molecule has 0 spiro atoms. The fraction of sp³-hybridized carbons (Fsp3) is 0.833. The Morgan fingerprint density at radius 3 is 3.30 bits per heavy atom. The van der Waals surface area contributed by atoms with Crippen molar-refractivity contribution in [3.63, 3.8) is 0 Å². The maximum absolute atomic E-state index is 11.2. The summed E-state index contributed by atoms with van der Waals surface area (Å²) in [5.74, 6) is 0.411. The topological polar surface area (TPSA) is 29.1 Å². The molecule has 0 amide bonds. The molecule has 2 unspecified atom stereocenters. The Morgan fingerprint density at radius 2 is 2.50 bits per heavy atom. The van der Waals surface area contributed by atoms with E-state index in [1.807, 2.05) is 10.8 Å². The first-order valence-electron chi connectivity index (χ1n) is 3.48. The first-order valence-corrected chi connectivity index (χ1v) is 5.70. The third-order valence-corrected chi connectivity index (χ3v) is 4.50. The molecule has 56 valence electrons. The average Bonchev–Trinajstić information content (AvgIpc) is 2.36. The molecule has 1 saturated heterocycles. The SMILES string of the molecule is O=C1CCCC2SSNC12. The van der Waals surface area contributed by atoms with Crippen LogP contribution in [0.3, 0.4) is 0 Å². The molecule has 0 aromatic rings. The van der Waals surface area contributed by atoms with Gasteiger partial charge in [-0.2, -0.15) is 0 Å². The maximum Gasteiger partial charge on any atom is 0.151 e. The average molecular weight is 175 g/mol. The number of carbonyl (C=O) groups excluding carboxylic acids is 1. The summed E-state index contributed by atoms with van der Waals surface area (Å²) in [5, 5.41) is 0.561. The summed E-state index contributed by atoms with van der Waals surface area (Å²) in [6, 6.07) is 0.170. The van der Waals surface area contributed by atoms with Crippen molar-refractivity contribution in [3.05, 3.63) is 0 Å². The standard InChI is InChI=1S/C6H9NOS2/c8-4-2-1-3-5-6(4)7-10-9-5/h5-7H,1-3H2. The Labute approximate surface area is 68.0 Å². The van der Waals surface area contributed by atoms with Gasteiger partial charge in [0.2, 0.25) is 0 Å². The third kappa shape index (κ3) is 1.08. The Morgan fingerprint density at radius 1 is 1.60 bits per heavy atom. The summed E-state index contributed by atoms with van der Waals surface area (Å²) in [4.78, 5) is 11.2. The molecule has 10 heavy (non-hydrogen) atoms. The van der Waals surface area contributed by atoms with Crippen LogP contribution in [-0.4, -0.2) is 17.1 Å². The minimum absolute atomic E-state index is 0.170. The van der Waals surface area contributed by atoms with E-state index in [1.165, 1.54) is 6.42 Å². The van der Waals surface area contributed by atoms with Gasteiger partial charge in [0.05, 0.1) is 6.04 Å². The van der Waals surface area contributed by atoms with Gasteiger partial charge in [-0.25, -0.2) is 4.72 Å². The van der Waals surface area contributed by atoms with Crippen molar-refractivity contribution < 1.29 is 4.79 Å². The van der Waals surface area contributed by atoms with Crippen LogP contribution in [0.5, 0.6) is 0 Å². The van der Waals surface area contributed by atoms with Crippen LogP contribution in [-0.2, 0) is 4.79 Å². The van der Waals surface area contributed by atoms with Crippen molar-refractivity contribution in [2.45, 2.75) is 30.6 Å². The lowest BCUT2D eigenvalue weighted by Gasteiger charge is -2.20. The van der Waals surface area contributed by atoms with Crippen LogP contribution in [0.15, 0.2) is 0 Å². The van der Waals surface area contributed by atoms with E-state index in [0.717, 1.165) is 12.8 Å². The number of nitrogens with one attached hydrogen (secondary N) is 1. The zero-order chi connectivity index (χ0) is 6.97. The van der Waals surface area contributed by atoms with Gasteiger partial charge in [0.1, 0.15) is 0 Å². The van der Waals surface area contributed by atoms with Crippen molar-refractivity contribution in [2.75, 3.05) is 0 Å². The van der Waals surface area contributed by atoms with E-state index in [0.29, 0.717) is 11.0 Å². The van der Waals surface area contributed by atoms with Gasteiger partial charge in [-0.05, 0) is 23.8 Å². The second-order valence-electron chi connectivity index (χ2n) is 2.67. The second kappa shape index (κ2) is 2.75. The lowest BCUT2D eigenvalue weighted by molar-refractivity contribution is -0.121. The molecule has 2 atom stereocenters. The predicted octanol–water partition coefficient (Wildman–Crippen LogP) is 1.38. The number of Topliss-reactive ketones (excluding diaryl/α,β-unsaturated/α-hetero) is 1. The molecule has 1 heterocycles. The quantitative estimate of drug-likeness (QED) is 0.445. The minimum atomic E-state index is 0.170. The number of hydrogen-bond acceptors (Lipinski definition) is 4. The summed E-state index contributed by atoms with van der Waals surface area (Å²) < 4.78 is 3.14. The van der Waals surface area contributed by atoms with E-state index < -0.39 is 0 Å². The summed E-state index contributed by atoms with van der Waals surface area (Å²) in [7, 11) is 3.44. The zero-order valence-corrected chi connectivity index (χ0v) is 7.13. The second-order valence-corrected chi connectivity index (χ2v) is 4.95. The fourth-order valence-electron chi connectivity index (χ4n) is 1.39. The minimum Gasteiger partial charge on any atom is -0.298 e. The molecular formula is C6H9NOS2. The van der Waals surface area contributed by atoms with E-state index in [9.17, 15) is 4.79 Å². The molecule has 0 radical (unpaired) electrons. The van der Waals surface area contributed by atoms with Crippen LogP contribution in [0.2, 0.25) is 0 Å². The summed E-state index contributed by atoms with van der Waals surface area (Å²) in [6.07, 6.45) is 3.09. The highest BCUT2D eigenvalue weighted by Gasteiger charge is 2.36. The Kier molecular flexibility index (Phi) is 1.93. The van der Waals surface area contributed by atoms with Gasteiger partial charge >= 0.3 is 0 Å². The number of ketones is 1. The largest absolute Gasteiger partial charge is 0.298 e. The number of hydrogen-bond donors (Lipinski definition) is 1. The van der Waals surface area contributed by atoms with Gasteiger partial charge in [0.15, 0.2) is 5.78 Å². The summed E-state index contributed by atoms with van der Waals surface area (Å²) in [5.41, 5.74) is 0. The summed E-state index contributed by atoms with van der Waals surface area (Å²) >= 11 is 0. The predicted molar refractivity (Wildman–Crippen MR) is 44.8 cm³/mol. The number of fused-ring (bicyclic) bond motifs is 1. The van der Waals surface area contributed by atoms with Crippen molar-refractivity contribution in [1.29, 1.82) is 0 Å². The molecule has 1 N–H and O–H groups in total. The van der Waals surface area contributed by atoms with Crippen LogP contribution < -0.4 is 4.72 Å². The molecule has 4 heteroatoms. The highest BCUT2D eigenvalue weighted by molar-refractivity contribution is 8.76. The van der Waals surface area contributed by atoms with Gasteiger partial charge in [-0.1, -0.05) is 10.8 Å². The van der Waals surface area contributed by atoms with Crippen LogP contribution in [0.4, 0.5) is 0 Å². The monoisotopic (exact) mass is 175 g/mol. The summed E-state index contributed by atoms with van der Waals surface area (Å²) in [6.45, 7) is 0. The Hall–Kier alpha value is 0.330. The molecule has 2 fully saturated rings. The van der Waals surface area contributed by atoms with Gasteiger partial charge in [-0.3, -0.25) is 4.79 Å². The van der Waals surface area contributed by atoms with Crippen LogP contribution in [0, 0.1) is 0 Å². The third-order valence-electron chi connectivity index (χ3n) is 1.98. The lowest BCUT2D eigenvalue weighted by atomic mass is 9.94. The molecule has 2 rings (SSSR count). The van der Waals surface area contributed by atoms with E-state index in [2.05, 4.69) is 4.72 Å². The van der Waals surface area contributed by atoms with Crippen molar-refractivity contribution >= 4 is 27.6 Å². The first kappa shape index (κ1) is 7.00. The molecule has 1 saturated carbocycles. The van der Waals surface area contributed by atoms with E-state index in [4.69, 9.17) is 0 Å². The van der Waals surface area contributed by atoms with Crippen LogP contribution in [0.25, 0.3) is 0 Å². The van der Waals surface area contributed by atoms with E-state index >= 15 is 0 Å². The molecule has 2 aliphatic rings. The fourth-order valence-corrected chi connectivity index (χ4v) is 4.12. The molecule has 1 aliphatic heterocycles. The van der Waals surface area contributed by atoms with Gasteiger partial charge < -0.3 is 0 Å². The van der Waals surface area contributed by atoms with Gasteiger partial charge in [0, 0.05) is 11.7 Å². The van der Waals surface area contributed by atoms with Crippen LogP contribution in [0.1, 0.15) is 19.3 Å². The molecule has 0 aromatic carbocycles. The number of rotatable bonds is 0. The van der Waals surface area contributed by atoms with Crippen molar-refractivity contribution in [3.8, 4) is 0 Å². The van der Waals surface area contributed by atoms with Crippen molar-refractivity contribution in [1.82, 2.24) is 4.72 Å². The molecule has 0 bridgehead atoms. The molecule has 0 aromatic heterocycles. The molecule has 2 nitrogen and oxygen atoms in total. The molecular weight excluding hydrogens is 166 g/mol.